The van der Waals surface area contributed by atoms with Gasteiger partial charge in [-0.05, 0) is 79.6 Å². The lowest BCUT2D eigenvalue weighted by molar-refractivity contribution is -0.154. The summed E-state index contributed by atoms with van der Waals surface area (Å²) in [5, 5.41) is 10.0. The maximum Gasteiger partial charge on any atom is 0.416 e. The maximum absolute atomic E-state index is 13.7. The van der Waals surface area contributed by atoms with Gasteiger partial charge in [0.15, 0.2) is 0 Å². The number of halogens is 9. The summed E-state index contributed by atoms with van der Waals surface area (Å²) in [5.74, 6) is -1.51. The Morgan fingerprint density at radius 1 is 0.846 bits per heavy atom. The molecule has 4 rings (SSSR count). The summed E-state index contributed by atoms with van der Waals surface area (Å²) in [6.45, 7) is -0.519. The molecule has 1 aliphatic carbocycles. The third-order valence-corrected chi connectivity index (χ3v) is 7.79. The number of hydrogen-bond donors (Lipinski definition) is 1. The molecule has 0 spiro atoms. The lowest BCUT2D eigenvalue weighted by Gasteiger charge is -2.45. The van der Waals surface area contributed by atoms with E-state index in [-0.39, 0.29) is 32.2 Å². The van der Waals surface area contributed by atoms with Crippen molar-refractivity contribution < 1.29 is 49.4 Å². The smallest absolute Gasteiger partial charge is 0.416 e. The quantitative estimate of drug-likeness (QED) is 0.294. The monoisotopic (exact) mass is 565 g/mol. The number of aliphatic carboxylic acids is 1. The fourth-order valence-corrected chi connectivity index (χ4v) is 5.70. The van der Waals surface area contributed by atoms with Crippen molar-refractivity contribution in [2.75, 3.05) is 6.54 Å². The van der Waals surface area contributed by atoms with Gasteiger partial charge in [0, 0.05) is 12.6 Å². The average molecular weight is 565 g/mol. The Hall–Kier alpha value is -3.02. The zero-order chi connectivity index (χ0) is 28.8. The first-order valence-electron chi connectivity index (χ1n) is 12.1. The van der Waals surface area contributed by atoms with Crippen molar-refractivity contribution in [1.29, 1.82) is 0 Å². The number of likely N-dealkylation sites (tertiary alicyclic amines) is 1. The van der Waals surface area contributed by atoms with Gasteiger partial charge in [-0.1, -0.05) is 24.3 Å². The van der Waals surface area contributed by atoms with Crippen molar-refractivity contribution >= 4 is 5.97 Å². The molecule has 2 atom stereocenters. The van der Waals surface area contributed by atoms with Gasteiger partial charge in [0.05, 0.1) is 22.1 Å². The molecule has 1 aliphatic heterocycles. The number of carbonyl (C=O) groups is 1. The van der Waals surface area contributed by atoms with Gasteiger partial charge in [-0.15, -0.1) is 0 Å². The van der Waals surface area contributed by atoms with Crippen LogP contribution in [0.3, 0.4) is 0 Å². The first kappa shape index (κ1) is 29.0. The molecule has 2 aliphatic rings. The minimum absolute atomic E-state index is 0.0406. The normalized spacial score (nSPS) is 22.3. The van der Waals surface area contributed by atoms with Crippen LogP contribution in [-0.4, -0.2) is 22.5 Å². The molecule has 0 amide bonds. The molecule has 1 saturated heterocycles. The predicted molar refractivity (Wildman–Crippen MR) is 122 cm³/mol. The first-order valence-corrected chi connectivity index (χ1v) is 12.1. The molecular formula is C27H24F9NO2. The average Bonchev–Trinajstić information content (AvgIpc) is 3.34. The molecule has 0 saturated carbocycles. The van der Waals surface area contributed by atoms with E-state index >= 15 is 0 Å². The van der Waals surface area contributed by atoms with Gasteiger partial charge in [-0.25, -0.2) is 0 Å². The molecule has 0 bridgehead atoms. The van der Waals surface area contributed by atoms with Gasteiger partial charge >= 0.3 is 24.5 Å². The molecule has 1 heterocycles. The molecule has 2 aromatic rings. The van der Waals surface area contributed by atoms with Crippen LogP contribution >= 0.6 is 0 Å². The van der Waals surface area contributed by atoms with Crippen LogP contribution in [-0.2, 0) is 29.9 Å². The summed E-state index contributed by atoms with van der Waals surface area (Å²) >= 11 is 0. The highest BCUT2D eigenvalue weighted by Gasteiger charge is 2.49. The van der Waals surface area contributed by atoms with Gasteiger partial charge in [-0.2, -0.15) is 39.5 Å². The van der Waals surface area contributed by atoms with Crippen molar-refractivity contribution in [1.82, 2.24) is 4.90 Å². The Kier molecular flexibility index (Phi) is 7.57. The molecule has 39 heavy (non-hydrogen) atoms. The highest BCUT2D eigenvalue weighted by Crippen LogP contribution is 2.50. The fraction of sp³-hybridized carbons (Fsp3) is 0.444. The summed E-state index contributed by atoms with van der Waals surface area (Å²) in [7, 11) is 0. The molecule has 0 unspecified atom stereocenters. The molecule has 2 aromatic carbocycles. The first-order chi connectivity index (χ1) is 18.0. The highest BCUT2D eigenvalue weighted by atomic mass is 19.4. The van der Waals surface area contributed by atoms with Gasteiger partial charge in [0.2, 0.25) is 0 Å². The van der Waals surface area contributed by atoms with E-state index in [2.05, 4.69) is 0 Å². The lowest BCUT2D eigenvalue weighted by Crippen LogP contribution is -2.45. The van der Waals surface area contributed by atoms with E-state index in [1.54, 1.807) is 12.2 Å². The number of carboxylic acid groups (broad SMARTS) is 1. The second-order valence-corrected chi connectivity index (χ2v) is 10.0. The zero-order valence-corrected chi connectivity index (χ0v) is 20.3. The number of rotatable bonds is 5. The summed E-state index contributed by atoms with van der Waals surface area (Å²) in [6, 6.07) is 4.37. The van der Waals surface area contributed by atoms with Crippen LogP contribution in [0.5, 0.6) is 0 Å². The molecule has 1 fully saturated rings. The molecule has 212 valence electrons. The Bertz CT molecular complexity index is 1220. The number of hydrogen-bond acceptors (Lipinski definition) is 2. The topological polar surface area (TPSA) is 40.5 Å². The second kappa shape index (κ2) is 10.2. The Morgan fingerprint density at radius 2 is 1.41 bits per heavy atom. The number of piperidine rings is 1. The highest BCUT2D eigenvalue weighted by molar-refractivity contribution is 5.76. The lowest BCUT2D eigenvalue weighted by atomic mass is 9.67. The standard InChI is InChI=1S/C27H24F9NO2/c28-25(29,30)18-5-3-16(4-6-18)22-14-19(24(23(38)39)10-1-2-11-24)9-12-37(22)15-17-13-20(26(31,32)33)7-8-21(17)27(34,35)36/h1-8,13,19,22H,9-12,14-15H2,(H,38,39)/t19-,22+/m0/s1. The van der Waals surface area contributed by atoms with Crippen LogP contribution < -0.4 is 0 Å². The van der Waals surface area contributed by atoms with Gasteiger partial charge < -0.3 is 5.11 Å². The van der Waals surface area contributed by atoms with Crippen molar-refractivity contribution in [2.24, 2.45) is 11.3 Å². The molecule has 0 radical (unpaired) electrons. The van der Waals surface area contributed by atoms with E-state index in [4.69, 9.17) is 0 Å². The van der Waals surface area contributed by atoms with E-state index in [9.17, 15) is 49.4 Å². The SMILES string of the molecule is O=C(O)C1([C@H]2CCN(Cc3cc(C(F)(F)F)ccc3C(F)(F)F)[C@@H](c3ccc(C(F)(F)F)cc3)C2)CC=CC1. The summed E-state index contributed by atoms with van der Waals surface area (Å²) in [6.07, 6.45) is -10.2. The zero-order valence-electron chi connectivity index (χ0n) is 20.3. The van der Waals surface area contributed by atoms with Crippen molar-refractivity contribution in [2.45, 2.75) is 56.8 Å². The van der Waals surface area contributed by atoms with E-state index in [1.165, 1.54) is 17.0 Å². The predicted octanol–water partition coefficient (Wildman–Crippen LogP) is 8.12. The van der Waals surface area contributed by atoms with Crippen LogP contribution in [0.2, 0.25) is 0 Å². The Balaban J connectivity index is 1.74. The molecule has 0 aromatic heterocycles. The molecule has 12 heteroatoms. The molecule has 3 nitrogen and oxygen atoms in total. The van der Waals surface area contributed by atoms with Crippen LogP contribution in [0.15, 0.2) is 54.6 Å². The van der Waals surface area contributed by atoms with Crippen LogP contribution in [0.4, 0.5) is 39.5 Å². The Morgan fingerprint density at radius 3 is 1.92 bits per heavy atom. The number of allylic oxidation sites excluding steroid dienone is 2. The van der Waals surface area contributed by atoms with E-state index < -0.39 is 70.7 Å². The maximum atomic E-state index is 13.7. The van der Waals surface area contributed by atoms with Crippen LogP contribution in [0.25, 0.3) is 0 Å². The van der Waals surface area contributed by atoms with E-state index in [0.717, 1.165) is 12.1 Å². The molecule has 1 N–H and O–H groups in total. The van der Waals surface area contributed by atoms with Crippen molar-refractivity contribution in [3.8, 4) is 0 Å². The van der Waals surface area contributed by atoms with E-state index in [1.807, 2.05) is 0 Å². The minimum Gasteiger partial charge on any atom is -0.481 e. The fourth-order valence-electron chi connectivity index (χ4n) is 5.70. The summed E-state index contributed by atoms with van der Waals surface area (Å²) in [4.78, 5) is 13.8. The van der Waals surface area contributed by atoms with Crippen molar-refractivity contribution in [3.05, 3.63) is 82.4 Å². The van der Waals surface area contributed by atoms with Crippen molar-refractivity contribution in [3.63, 3.8) is 0 Å². The van der Waals surface area contributed by atoms with Gasteiger partial charge in [0.25, 0.3) is 0 Å². The van der Waals surface area contributed by atoms with Gasteiger partial charge in [-0.3, -0.25) is 9.69 Å². The van der Waals surface area contributed by atoms with E-state index in [0.29, 0.717) is 23.8 Å². The largest absolute Gasteiger partial charge is 0.481 e. The Labute approximate surface area is 217 Å². The number of benzene rings is 2. The molecular weight excluding hydrogens is 541 g/mol. The van der Waals surface area contributed by atoms with Crippen LogP contribution in [0.1, 0.15) is 59.5 Å². The number of carboxylic acids is 1. The number of alkyl halides is 9. The third-order valence-electron chi connectivity index (χ3n) is 7.79. The third kappa shape index (κ3) is 5.95. The summed E-state index contributed by atoms with van der Waals surface area (Å²) < 4.78 is 121. The number of nitrogens with zero attached hydrogens (tertiary/aromatic N) is 1. The summed E-state index contributed by atoms with van der Waals surface area (Å²) in [5.41, 5.74) is -4.92. The second-order valence-electron chi connectivity index (χ2n) is 10.0. The van der Waals surface area contributed by atoms with Crippen LogP contribution in [0, 0.1) is 11.3 Å². The van der Waals surface area contributed by atoms with Gasteiger partial charge in [0.1, 0.15) is 0 Å². The minimum atomic E-state index is -4.94.